The van der Waals surface area contributed by atoms with Crippen molar-refractivity contribution >= 4 is 17.9 Å². The van der Waals surface area contributed by atoms with Gasteiger partial charge in [-0.05, 0) is 44.7 Å². The summed E-state index contributed by atoms with van der Waals surface area (Å²) in [5.74, 6) is -1.58. The molecular formula is C27H36O9. The summed E-state index contributed by atoms with van der Waals surface area (Å²) in [6.07, 6.45) is -3.25. The molecule has 0 amide bonds. The van der Waals surface area contributed by atoms with Crippen LogP contribution in [0.2, 0.25) is 0 Å². The van der Waals surface area contributed by atoms with Crippen LogP contribution in [0.15, 0.2) is 30.3 Å². The highest BCUT2D eigenvalue weighted by Gasteiger charge is 2.79. The fraction of sp³-hybridized carbons (Fsp3) is 0.667. The predicted octanol–water partition coefficient (Wildman–Crippen LogP) is 2.82. The molecule has 3 aliphatic rings. The lowest BCUT2D eigenvalue weighted by Gasteiger charge is -2.62. The van der Waals surface area contributed by atoms with Gasteiger partial charge in [-0.3, -0.25) is 14.4 Å². The minimum atomic E-state index is -1.42. The molecule has 1 aromatic rings. The van der Waals surface area contributed by atoms with E-state index >= 15 is 0 Å². The number of aliphatic hydroxyl groups excluding tert-OH is 1. The Labute approximate surface area is 211 Å². The molecule has 1 spiro atoms. The lowest BCUT2D eigenvalue weighted by atomic mass is 9.48. The van der Waals surface area contributed by atoms with Gasteiger partial charge in [0, 0.05) is 26.7 Å². The fourth-order valence-corrected chi connectivity index (χ4v) is 6.87. The molecule has 198 valence electrons. The van der Waals surface area contributed by atoms with Crippen molar-refractivity contribution in [1.29, 1.82) is 0 Å². The second-order valence-corrected chi connectivity index (χ2v) is 10.9. The van der Waals surface area contributed by atoms with Crippen molar-refractivity contribution in [3.63, 3.8) is 0 Å². The SMILES string of the molecule is CC(=O)OC[C@@]12[C@@H](O)[C@@H](OC(C)=O)C[C@@H](C)[C@@]13C[C@@H]([C@H](OC(C)=O)[C@@H]2Oc1ccccc1)C(C)(C)O3. The molecule has 1 heterocycles. The van der Waals surface area contributed by atoms with E-state index < -0.39 is 58.9 Å². The maximum Gasteiger partial charge on any atom is 0.303 e. The molecule has 1 aromatic carbocycles. The third kappa shape index (κ3) is 4.16. The first-order valence-corrected chi connectivity index (χ1v) is 12.4. The van der Waals surface area contributed by atoms with Gasteiger partial charge in [0.25, 0.3) is 0 Å². The number of hydrogen-bond acceptors (Lipinski definition) is 9. The van der Waals surface area contributed by atoms with Gasteiger partial charge in [-0.15, -0.1) is 0 Å². The van der Waals surface area contributed by atoms with Crippen molar-refractivity contribution in [3.8, 4) is 5.75 Å². The molecule has 2 aliphatic carbocycles. The topological polar surface area (TPSA) is 118 Å². The number of ether oxygens (including phenoxy) is 5. The van der Waals surface area contributed by atoms with E-state index in [1.54, 1.807) is 12.1 Å². The highest BCUT2D eigenvalue weighted by atomic mass is 16.6. The summed E-state index contributed by atoms with van der Waals surface area (Å²) in [5.41, 5.74) is -3.18. The van der Waals surface area contributed by atoms with Crippen LogP contribution < -0.4 is 4.74 Å². The van der Waals surface area contributed by atoms with E-state index in [1.165, 1.54) is 20.8 Å². The smallest absolute Gasteiger partial charge is 0.303 e. The van der Waals surface area contributed by atoms with Gasteiger partial charge in [-0.1, -0.05) is 25.1 Å². The number of hydrogen-bond donors (Lipinski definition) is 1. The number of para-hydroxylation sites is 1. The fourth-order valence-electron chi connectivity index (χ4n) is 6.87. The average molecular weight is 505 g/mol. The van der Waals surface area contributed by atoms with Gasteiger partial charge < -0.3 is 28.8 Å². The van der Waals surface area contributed by atoms with Gasteiger partial charge in [0.05, 0.1) is 11.2 Å². The van der Waals surface area contributed by atoms with Crippen LogP contribution in [0.25, 0.3) is 0 Å². The van der Waals surface area contributed by atoms with Crippen LogP contribution in [-0.4, -0.2) is 65.2 Å². The summed E-state index contributed by atoms with van der Waals surface area (Å²) in [6, 6.07) is 9.00. The largest absolute Gasteiger partial charge is 0.486 e. The zero-order valence-electron chi connectivity index (χ0n) is 21.7. The van der Waals surface area contributed by atoms with Crippen molar-refractivity contribution in [2.75, 3.05) is 6.61 Å². The van der Waals surface area contributed by atoms with Gasteiger partial charge in [0.2, 0.25) is 0 Å². The molecule has 36 heavy (non-hydrogen) atoms. The third-order valence-electron chi connectivity index (χ3n) is 8.25. The molecule has 1 aliphatic heterocycles. The Kier molecular flexibility index (Phi) is 6.85. The van der Waals surface area contributed by atoms with Crippen LogP contribution in [-0.2, 0) is 33.3 Å². The monoisotopic (exact) mass is 504 g/mol. The molecule has 1 saturated heterocycles. The van der Waals surface area contributed by atoms with E-state index in [1.807, 2.05) is 39.0 Å². The first-order valence-electron chi connectivity index (χ1n) is 12.4. The molecule has 0 unspecified atom stereocenters. The Balaban J connectivity index is 1.96. The van der Waals surface area contributed by atoms with Crippen LogP contribution in [0.1, 0.15) is 54.4 Å². The summed E-state index contributed by atoms with van der Waals surface area (Å²) in [5, 5.41) is 12.0. The van der Waals surface area contributed by atoms with Crippen LogP contribution in [0.4, 0.5) is 0 Å². The van der Waals surface area contributed by atoms with Crippen molar-refractivity contribution in [2.45, 2.75) is 90.0 Å². The average Bonchev–Trinajstić information content (AvgIpc) is 3.04. The van der Waals surface area contributed by atoms with Gasteiger partial charge >= 0.3 is 17.9 Å². The van der Waals surface area contributed by atoms with E-state index in [0.29, 0.717) is 18.6 Å². The van der Waals surface area contributed by atoms with E-state index in [-0.39, 0.29) is 18.4 Å². The summed E-state index contributed by atoms with van der Waals surface area (Å²) in [7, 11) is 0. The second-order valence-electron chi connectivity index (χ2n) is 10.9. The Morgan fingerprint density at radius 3 is 2.25 bits per heavy atom. The summed E-state index contributed by atoms with van der Waals surface area (Å²) in [6.45, 7) is 9.46. The molecule has 0 aromatic heterocycles. The van der Waals surface area contributed by atoms with Crippen molar-refractivity contribution in [2.24, 2.45) is 17.3 Å². The standard InChI is InChI=1S/C27H36O9/c1-15-12-21(33-17(3)29)23(31)26(14-32-16(2)28)24(35-19-10-8-7-9-11-19)22(34-18(4)30)20-13-27(15,26)36-25(20,5)6/h7-11,15,20-24,31H,12-14H2,1-6H3/t15-,20+,21+,22+,23+,24+,26+,27+/m1/s1. The summed E-state index contributed by atoms with van der Waals surface area (Å²) in [4.78, 5) is 36.4. The van der Waals surface area contributed by atoms with Gasteiger partial charge in [-0.2, -0.15) is 0 Å². The molecule has 2 bridgehead atoms. The second kappa shape index (κ2) is 9.34. The lowest BCUT2D eigenvalue weighted by Crippen LogP contribution is -2.77. The number of benzene rings is 1. The Bertz CT molecular complexity index is 1010. The summed E-state index contributed by atoms with van der Waals surface area (Å²) < 4.78 is 30.5. The Hall–Kier alpha value is -2.65. The van der Waals surface area contributed by atoms with Crippen molar-refractivity contribution in [3.05, 3.63) is 30.3 Å². The van der Waals surface area contributed by atoms with Crippen LogP contribution in [0.3, 0.4) is 0 Å². The van der Waals surface area contributed by atoms with E-state index in [0.717, 1.165) is 0 Å². The minimum absolute atomic E-state index is 0.217. The van der Waals surface area contributed by atoms with Crippen molar-refractivity contribution < 1.29 is 43.2 Å². The normalized spacial score (nSPS) is 38.4. The van der Waals surface area contributed by atoms with Crippen LogP contribution in [0, 0.1) is 17.3 Å². The number of carbonyl (C=O) groups is 3. The molecule has 0 radical (unpaired) electrons. The first kappa shape index (κ1) is 26.4. The number of esters is 3. The van der Waals surface area contributed by atoms with Crippen LogP contribution in [0.5, 0.6) is 5.75 Å². The van der Waals surface area contributed by atoms with Gasteiger partial charge in [0.1, 0.15) is 36.1 Å². The molecule has 8 atom stereocenters. The number of aliphatic hydroxyl groups is 1. The highest BCUT2D eigenvalue weighted by molar-refractivity contribution is 5.67. The van der Waals surface area contributed by atoms with Crippen LogP contribution >= 0.6 is 0 Å². The van der Waals surface area contributed by atoms with E-state index in [9.17, 15) is 19.5 Å². The zero-order valence-corrected chi connectivity index (χ0v) is 21.7. The number of fused-ring (bicyclic) bond motifs is 1. The number of rotatable bonds is 6. The van der Waals surface area contributed by atoms with Gasteiger partial charge in [0.15, 0.2) is 6.10 Å². The molecule has 1 N–H and O–H groups in total. The molecule has 2 saturated carbocycles. The maximum absolute atomic E-state index is 12.3. The molecular weight excluding hydrogens is 468 g/mol. The molecule has 4 rings (SSSR count). The zero-order chi connectivity index (χ0) is 26.5. The molecule has 3 fully saturated rings. The first-order chi connectivity index (χ1) is 16.8. The quantitative estimate of drug-likeness (QED) is 0.461. The maximum atomic E-state index is 12.3. The molecule has 9 nitrogen and oxygen atoms in total. The lowest BCUT2D eigenvalue weighted by molar-refractivity contribution is -0.302. The Morgan fingerprint density at radius 2 is 1.67 bits per heavy atom. The number of carbonyl (C=O) groups excluding carboxylic acids is 3. The van der Waals surface area contributed by atoms with E-state index in [2.05, 4.69) is 0 Å². The van der Waals surface area contributed by atoms with E-state index in [4.69, 9.17) is 23.7 Å². The van der Waals surface area contributed by atoms with Crippen molar-refractivity contribution in [1.82, 2.24) is 0 Å². The summed E-state index contributed by atoms with van der Waals surface area (Å²) >= 11 is 0. The minimum Gasteiger partial charge on any atom is -0.486 e. The highest BCUT2D eigenvalue weighted by Crippen LogP contribution is 2.67. The predicted molar refractivity (Wildman–Crippen MR) is 127 cm³/mol. The third-order valence-corrected chi connectivity index (χ3v) is 8.25. The Morgan fingerprint density at radius 1 is 1.03 bits per heavy atom. The molecule has 9 heteroatoms. The van der Waals surface area contributed by atoms with Gasteiger partial charge in [-0.25, -0.2) is 0 Å².